The van der Waals surface area contributed by atoms with Crippen LogP contribution in [0.1, 0.15) is 17.0 Å². The Labute approximate surface area is 119 Å². The fourth-order valence-corrected chi connectivity index (χ4v) is 2.37. The Morgan fingerprint density at radius 1 is 1.15 bits per heavy atom. The van der Waals surface area contributed by atoms with Crippen LogP contribution in [0.3, 0.4) is 0 Å². The number of rotatable bonds is 3. The average molecular weight is 291 g/mol. The van der Waals surface area contributed by atoms with Gasteiger partial charge >= 0.3 is 5.69 Å². The van der Waals surface area contributed by atoms with Gasteiger partial charge in [-0.1, -0.05) is 0 Å². The molecule has 2 aromatic heterocycles. The van der Waals surface area contributed by atoms with Crippen molar-refractivity contribution >= 4 is 23.3 Å². The van der Waals surface area contributed by atoms with Crippen molar-refractivity contribution < 1.29 is 4.92 Å². The summed E-state index contributed by atoms with van der Waals surface area (Å²) in [4.78, 5) is 22.8. The summed E-state index contributed by atoms with van der Waals surface area (Å²) in [5.41, 5.74) is 8.19. The van der Waals surface area contributed by atoms with Gasteiger partial charge in [0.1, 0.15) is 5.03 Å². The van der Waals surface area contributed by atoms with E-state index >= 15 is 0 Å². The lowest BCUT2D eigenvalue weighted by molar-refractivity contribution is -0.384. The SMILES string of the molecule is Cc1nc(Sc2ccc([N+](=O)[O-])c(N)n2)nc(C)c1C. The molecule has 0 amide bonds. The molecule has 2 N–H and O–H groups in total. The molecule has 20 heavy (non-hydrogen) atoms. The number of nitrogens with two attached hydrogens (primary N) is 1. The third-order valence-corrected chi connectivity index (χ3v) is 3.68. The van der Waals surface area contributed by atoms with Crippen molar-refractivity contribution in [2.75, 3.05) is 5.73 Å². The van der Waals surface area contributed by atoms with Gasteiger partial charge in [0.25, 0.3) is 0 Å². The van der Waals surface area contributed by atoms with Gasteiger partial charge in [-0.3, -0.25) is 10.1 Å². The van der Waals surface area contributed by atoms with Crippen molar-refractivity contribution in [3.8, 4) is 0 Å². The second kappa shape index (κ2) is 5.41. The Morgan fingerprint density at radius 3 is 2.25 bits per heavy atom. The Bertz CT molecular complexity index is 667. The van der Waals surface area contributed by atoms with Crippen LogP contribution in [0.25, 0.3) is 0 Å². The predicted molar refractivity (Wildman–Crippen MR) is 75.7 cm³/mol. The van der Waals surface area contributed by atoms with Crippen LogP contribution in [0.4, 0.5) is 11.5 Å². The third kappa shape index (κ3) is 2.85. The van der Waals surface area contributed by atoms with Crippen LogP contribution in [0.2, 0.25) is 0 Å². The van der Waals surface area contributed by atoms with Gasteiger partial charge in [0.15, 0.2) is 5.16 Å². The van der Waals surface area contributed by atoms with Gasteiger partial charge in [-0.2, -0.15) is 0 Å². The first kappa shape index (κ1) is 14.2. The number of nitrogen functional groups attached to an aromatic ring is 1. The number of aromatic nitrogens is 3. The molecule has 0 aliphatic carbocycles. The summed E-state index contributed by atoms with van der Waals surface area (Å²) in [6, 6.07) is 2.87. The average Bonchev–Trinajstić information content (AvgIpc) is 2.35. The molecule has 104 valence electrons. The topological polar surface area (TPSA) is 108 Å². The largest absolute Gasteiger partial charge is 0.378 e. The molecule has 0 unspecified atom stereocenters. The maximum atomic E-state index is 10.7. The van der Waals surface area contributed by atoms with E-state index in [2.05, 4.69) is 15.0 Å². The molecule has 0 fully saturated rings. The smallest absolute Gasteiger partial charge is 0.311 e. The zero-order valence-electron chi connectivity index (χ0n) is 11.2. The summed E-state index contributed by atoms with van der Waals surface area (Å²) in [5.74, 6) is -0.111. The molecule has 7 nitrogen and oxygen atoms in total. The van der Waals surface area contributed by atoms with Crippen LogP contribution in [0.15, 0.2) is 22.3 Å². The zero-order chi connectivity index (χ0) is 14.9. The van der Waals surface area contributed by atoms with Gasteiger partial charge in [-0.25, -0.2) is 15.0 Å². The minimum absolute atomic E-state index is 0.111. The molecule has 0 saturated carbocycles. The third-order valence-electron chi connectivity index (χ3n) is 2.88. The molecule has 2 rings (SSSR count). The first-order chi connectivity index (χ1) is 9.38. The molecule has 0 aromatic carbocycles. The number of nitro groups is 1. The van der Waals surface area contributed by atoms with Crippen LogP contribution in [-0.4, -0.2) is 19.9 Å². The Morgan fingerprint density at radius 2 is 1.75 bits per heavy atom. The van der Waals surface area contributed by atoms with Crippen molar-refractivity contribution in [3.63, 3.8) is 0 Å². The van der Waals surface area contributed by atoms with Crippen LogP contribution < -0.4 is 5.73 Å². The molecule has 0 atom stereocenters. The van der Waals surface area contributed by atoms with E-state index in [0.29, 0.717) is 10.2 Å². The van der Waals surface area contributed by atoms with Crippen molar-refractivity contribution in [1.29, 1.82) is 0 Å². The summed E-state index contributed by atoms with van der Waals surface area (Å²) >= 11 is 1.22. The van der Waals surface area contributed by atoms with Crippen molar-refractivity contribution in [2.45, 2.75) is 31.0 Å². The van der Waals surface area contributed by atoms with E-state index in [4.69, 9.17) is 5.73 Å². The number of nitrogens with zero attached hydrogens (tertiary/aromatic N) is 4. The maximum absolute atomic E-state index is 10.7. The number of hydrogen-bond donors (Lipinski definition) is 1. The van der Waals surface area contributed by atoms with Gasteiger partial charge < -0.3 is 5.73 Å². The van der Waals surface area contributed by atoms with Crippen LogP contribution in [-0.2, 0) is 0 Å². The van der Waals surface area contributed by atoms with Gasteiger partial charge in [0, 0.05) is 17.5 Å². The summed E-state index contributed by atoms with van der Waals surface area (Å²) in [5, 5.41) is 11.7. The molecule has 0 spiro atoms. The molecule has 2 aromatic rings. The van der Waals surface area contributed by atoms with Gasteiger partial charge in [-0.15, -0.1) is 0 Å². The van der Waals surface area contributed by atoms with E-state index in [-0.39, 0.29) is 11.5 Å². The molecule has 0 aliphatic rings. The quantitative estimate of drug-likeness (QED) is 0.525. The van der Waals surface area contributed by atoms with Crippen LogP contribution in [0, 0.1) is 30.9 Å². The molecular weight excluding hydrogens is 278 g/mol. The second-order valence-corrected chi connectivity index (χ2v) is 5.20. The first-order valence-corrected chi connectivity index (χ1v) is 6.60. The Hall–Kier alpha value is -2.22. The van der Waals surface area contributed by atoms with Crippen molar-refractivity contribution in [2.24, 2.45) is 0 Å². The number of aryl methyl sites for hydroxylation is 2. The van der Waals surface area contributed by atoms with Crippen molar-refractivity contribution in [1.82, 2.24) is 15.0 Å². The van der Waals surface area contributed by atoms with E-state index in [1.54, 1.807) is 0 Å². The number of anilines is 1. The minimum atomic E-state index is -0.562. The predicted octanol–water partition coefficient (Wildman–Crippen LogP) is 2.44. The fourth-order valence-electron chi connectivity index (χ4n) is 1.54. The highest BCUT2D eigenvalue weighted by Gasteiger charge is 2.14. The molecular formula is C12H13N5O2S. The lowest BCUT2D eigenvalue weighted by Gasteiger charge is -2.06. The number of pyridine rings is 1. The molecule has 0 bridgehead atoms. The molecule has 0 saturated heterocycles. The maximum Gasteiger partial charge on any atom is 0.311 e. The highest BCUT2D eigenvalue weighted by atomic mass is 32.2. The fraction of sp³-hybridized carbons (Fsp3) is 0.250. The minimum Gasteiger partial charge on any atom is -0.378 e. The summed E-state index contributed by atoms with van der Waals surface area (Å²) < 4.78 is 0. The van der Waals surface area contributed by atoms with Gasteiger partial charge in [0.2, 0.25) is 5.82 Å². The highest BCUT2D eigenvalue weighted by molar-refractivity contribution is 7.99. The molecule has 0 radical (unpaired) electrons. The zero-order valence-corrected chi connectivity index (χ0v) is 12.1. The van der Waals surface area contributed by atoms with E-state index in [9.17, 15) is 10.1 Å². The molecule has 2 heterocycles. The normalized spacial score (nSPS) is 10.6. The lowest BCUT2D eigenvalue weighted by atomic mass is 10.2. The lowest BCUT2D eigenvalue weighted by Crippen LogP contribution is -2.00. The van der Waals surface area contributed by atoms with E-state index in [1.165, 1.54) is 23.9 Å². The van der Waals surface area contributed by atoms with E-state index in [0.717, 1.165) is 17.0 Å². The Kier molecular flexibility index (Phi) is 3.84. The molecule has 8 heteroatoms. The van der Waals surface area contributed by atoms with Gasteiger partial charge in [-0.05, 0) is 44.2 Å². The standard InChI is InChI=1S/C12H13N5O2S/c1-6-7(2)14-12(15-8(6)3)20-10-5-4-9(17(18)19)11(13)16-10/h4-5H,1-3H3,(H2,13,16). The van der Waals surface area contributed by atoms with Crippen molar-refractivity contribution in [3.05, 3.63) is 39.2 Å². The van der Waals surface area contributed by atoms with Crippen LogP contribution in [0.5, 0.6) is 0 Å². The van der Waals surface area contributed by atoms with E-state index < -0.39 is 4.92 Å². The Balaban J connectivity index is 2.31. The summed E-state index contributed by atoms with van der Waals surface area (Å²) in [6.07, 6.45) is 0. The summed E-state index contributed by atoms with van der Waals surface area (Å²) in [6.45, 7) is 5.78. The number of hydrogen-bond acceptors (Lipinski definition) is 7. The van der Waals surface area contributed by atoms with Gasteiger partial charge in [0.05, 0.1) is 4.92 Å². The highest BCUT2D eigenvalue weighted by Crippen LogP contribution is 2.28. The summed E-state index contributed by atoms with van der Waals surface area (Å²) in [7, 11) is 0. The van der Waals surface area contributed by atoms with Crippen LogP contribution >= 0.6 is 11.8 Å². The van der Waals surface area contributed by atoms with E-state index in [1.807, 2.05) is 20.8 Å². The second-order valence-electron chi connectivity index (χ2n) is 4.22. The first-order valence-electron chi connectivity index (χ1n) is 5.79. The molecule has 0 aliphatic heterocycles. The monoisotopic (exact) mass is 291 g/mol.